The van der Waals surface area contributed by atoms with Crippen LogP contribution in [-0.4, -0.2) is 100 Å². The number of hydrogen-bond donors (Lipinski definition) is 0. The van der Waals surface area contributed by atoms with E-state index in [9.17, 15) is 13.2 Å². The fourth-order valence-electron chi connectivity index (χ4n) is 3.03. The number of nitrogens with zero attached hydrogens (tertiary/aromatic N) is 3. The molecule has 0 aromatic rings. The molecule has 2 saturated heterocycles. The van der Waals surface area contributed by atoms with Crippen molar-refractivity contribution in [2.24, 2.45) is 0 Å². The highest BCUT2D eigenvalue weighted by molar-refractivity contribution is 7.85. The second-order valence-corrected chi connectivity index (χ2v) is 8.41. The predicted molar refractivity (Wildman–Crippen MR) is 90.4 cm³/mol. The molecule has 2 aliphatic heterocycles. The highest BCUT2D eigenvalue weighted by Crippen LogP contribution is 2.13. The maximum absolute atomic E-state index is 11.8. The lowest BCUT2D eigenvalue weighted by Gasteiger charge is -2.37. The van der Waals surface area contributed by atoms with Crippen molar-refractivity contribution in [2.45, 2.75) is 32.4 Å². The number of cyclic esters (lactones) is 1. The maximum Gasteiger partial charge on any atom is 0.410 e. The standard InChI is InChI=1S/C15H29N3O5S/c1-13(2)17-9-7-16(8-10-17)5-4-6-18-11-14(23-15(18)19)12-22-24(3,20)21/h13-14H,4-12H2,1-3H3. The first-order valence-electron chi connectivity index (χ1n) is 8.51. The Bertz CT molecular complexity index is 517. The van der Waals surface area contributed by atoms with E-state index in [1.807, 2.05) is 0 Å². The molecule has 1 amide bonds. The molecule has 2 aliphatic rings. The van der Waals surface area contributed by atoms with Gasteiger partial charge in [0, 0.05) is 38.8 Å². The average molecular weight is 363 g/mol. The van der Waals surface area contributed by atoms with Crippen LogP contribution in [0, 0.1) is 0 Å². The summed E-state index contributed by atoms with van der Waals surface area (Å²) in [6.07, 6.45) is 0.973. The zero-order valence-electron chi connectivity index (χ0n) is 14.8. The Morgan fingerprint density at radius 1 is 1.21 bits per heavy atom. The summed E-state index contributed by atoms with van der Waals surface area (Å²) in [6.45, 7) is 10.6. The molecule has 140 valence electrons. The van der Waals surface area contributed by atoms with E-state index in [2.05, 4.69) is 23.6 Å². The van der Waals surface area contributed by atoms with Gasteiger partial charge in [-0.1, -0.05) is 0 Å². The van der Waals surface area contributed by atoms with Gasteiger partial charge in [0.1, 0.15) is 12.7 Å². The Morgan fingerprint density at radius 3 is 2.46 bits per heavy atom. The van der Waals surface area contributed by atoms with Crippen molar-refractivity contribution in [3.8, 4) is 0 Å². The van der Waals surface area contributed by atoms with Gasteiger partial charge in [-0.25, -0.2) is 4.79 Å². The summed E-state index contributed by atoms with van der Waals surface area (Å²) in [5.41, 5.74) is 0. The smallest absolute Gasteiger partial charge is 0.410 e. The zero-order chi connectivity index (χ0) is 17.7. The molecule has 24 heavy (non-hydrogen) atoms. The van der Waals surface area contributed by atoms with E-state index in [1.165, 1.54) is 0 Å². The van der Waals surface area contributed by atoms with E-state index in [1.54, 1.807) is 4.90 Å². The number of ether oxygens (including phenoxy) is 1. The van der Waals surface area contributed by atoms with E-state index in [-0.39, 0.29) is 12.7 Å². The second kappa shape index (κ2) is 8.46. The van der Waals surface area contributed by atoms with Crippen LogP contribution in [0.4, 0.5) is 4.79 Å². The van der Waals surface area contributed by atoms with E-state index in [4.69, 9.17) is 8.92 Å². The number of piperazine rings is 1. The van der Waals surface area contributed by atoms with Crippen molar-refractivity contribution in [1.82, 2.24) is 14.7 Å². The van der Waals surface area contributed by atoms with E-state index >= 15 is 0 Å². The van der Waals surface area contributed by atoms with Gasteiger partial charge in [0.2, 0.25) is 0 Å². The number of rotatable bonds is 8. The molecule has 1 unspecified atom stereocenters. The third-order valence-corrected chi connectivity index (χ3v) is 5.02. The monoisotopic (exact) mass is 363 g/mol. The molecule has 9 heteroatoms. The number of carbonyl (C=O) groups excluding carboxylic acids is 1. The summed E-state index contributed by atoms with van der Waals surface area (Å²) in [7, 11) is -3.51. The van der Waals surface area contributed by atoms with Crippen molar-refractivity contribution in [3.05, 3.63) is 0 Å². The topological polar surface area (TPSA) is 79.4 Å². The summed E-state index contributed by atoms with van der Waals surface area (Å²) in [5.74, 6) is 0. The van der Waals surface area contributed by atoms with Crippen molar-refractivity contribution in [3.63, 3.8) is 0 Å². The van der Waals surface area contributed by atoms with E-state index < -0.39 is 16.2 Å². The highest BCUT2D eigenvalue weighted by Gasteiger charge is 2.31. The first-order valence-corrected chi connectivity index (χ1v) is 10.3. The lowest BCUT2D eigenvalue weighted by atomic mass is 10.2. The fraction of sp³-hybridized carbons (Fsp3) is 0.933. The summed E-state index contributed by atoms with van der Waals surface area (Å²) in [4.78, 5) is 18.3. The van der Waals surface area contributed by atoms with E-state index in [0.29, 0.717) is 19.1 Å². The molecule has 0 aromatic heterocycles. The lowest BCUT2D eigenvalue weighted by Crippen LogP contribution is -2.49. The van der Waals surface area contributed by atoms with Gasteiger partial charge in [0.15, 0.2) is 0 Å². The molecule has 0 bridgehead atoms. The molecule has 0 saturated carbocycles. The van der Waals surface area contributed by atoms with Gasteiger partial charge in [-0.2, -0.15) is 8.42 Å². The molecule has 1 atom stereocenters. The van der Waals surface area contributed by atoms with Crippen LogP contribution in [0.3, 0.4) is 0 Å². The molecule has 2 rings (SSSR count). The van der Waals surface area contributed by atoms with Crippen molar-refractivity contribution < 1.29 is 22.1 Å². The summed E-state index contributed by atoms with van der Waals surface area (Å²) >= 11 is 0. The number of carbonyl (C=O) groups is 1. The third-order valence-electron chi connectivity index (χ3n) is 4.46. The highest BCUT2D eigenvalue weighted by atomic mass is 32.2. The van der Waals surface area contributed by atoms with Crippen LogP contribution in [-0.2, 0) is 19.0 Å². The molecule has 2 fully saturated rings. The first kappa shape index (κ1) is 19.4. The third kappa shape index (κ3) is 6.19. The predicted octanol–water partition coefficient (Wildman–Crippen LogP) is 0.200. The van der Waals surface area contributed by atoms with Gasteiger partial charge in [-0.3, -0.25) is 9.08 Å². The minimum atomic E-state index is -3.51. The molecule has 8 nitrogen and oxygen atoms in total. The lowest BCUT2D eigenvalue weighted by molar-refractivity contribution is 0.102. The summed E-state index contributed by atoms with van der Waals surface area (Å²) < 4.78 is 31.8. The van der Waals surface area contributed by atoms with Gasteiger partial charge in [-0.15, -0.1) is 0 Å². The second-order valence-electron chi connectivity index (χ2n) is 6.77. The Labute approximate surface area is 144 Å². The van der Waals surface area contributed by atoms with Crippen molar-refractivity contribution in [1.29, 1.82) is 0 Å². The molecule has 0 aliphatic carbocycles. The summed E-state index contributed by atoms with van der Waals surface area (Å²) in [5, 5.41) is 0. The van der Waals surface area contributed by atoms with Crippen molar-refractivity contribution in [2.75, 3.05) is 58.7 Å². The average Bonchev–Trinajstić information content (AvgIpc) is 2.85. The minimum Gasteiger partial charge on any atom is -0.442 e. The fourth-order valence-corrected chi connectivity index (χ4v) is 3.43. The number of amides is 1. The maximum atomic E-state index is 11.8. The normalized spacial score (nSPS) is 23.9. The van der Waals surface area contributed by atoms with Crippen LogP contribution in [0.2, 0.25) is 0 Å². The Balaban J connectivity index is 1.63. The SMILES string of the molecule is CC(C)N1CCN(CCCN2CC(COS(C)(=O)=O)OC2=O)CC1. The van der Waals surface area contributed by atoms with Gasteiger partial charge in [-0.05, 0) is 26.8 Å². The van der Waals surface area contributed by atoms with Crippen LogP contribution >= 0.6 is 0 Å². The Kier molecular flexibility index (Phi) is 6.85. The molecule has 0 aromatic carbocycles. The van der Waals surface area contributed by atoms with Crippen LogP contribution < -0.4 is 0 Å². The van der Waals surface area contributed by atoms with Crippen LogP contribution in [0.15, 0.2) is 0 Å². The molecule has 0 spiro atoms. The van der Waals surface area contributed by atoms with E-state index in [0.717, 1.165) is 45.4 Å². The summed E-state index contributed by atoms with van der Waals surface area (Å²) in [6, 6.07) is 0.595. The largest absolute Gasteiger partial charge is 0.442 e. The minimum absolute atomic E-state index is 0.113. The first-order chi connectivity index (χ1) is 11.2. The Morgan fingerprint density at radius 2 is 1.88 bits per heavy atom. The quantitative estimate of drug-likeness (QED) is 0.570. The van der Waals surface area contributed by atoms with Crippen LogP contribution in [0.5, 0.6) is 0 Å². The molecule has 0 N–H and O–H groups in total. The van der Waals surface area contributed by atoms with Gasteiger partial charge in [0.25, 0.3) is 10.1 Å². The van der Waals surface area contributed by atoms with Crippen molar-refractivity contribution >= 4 is 16.2 Å². The Hall–Kier alpha value is -0.900. The number of hydrogen-bond acceptors (Lipinski definition) is 7. The van der Waals surface area contributed by atoms with Gasteiger partial charge >= 0.3 is 6.09 Å². The van der Waals surface area contributed by atoms with Gasteiger partial charge < -0.3 is 14.5 Å². The molecule has 0 radical (unpaired) electrons. The molecular weight excluding hydrogens is 334 g/mol. The molecular formula is C15H29N3O5S. The molecule has 2 heterocycles. The van der Waals surface area contributed by atoms with Crippen LogP contribution in [0.1, 0.15) is 20.3 Å². The van der Waals surface area contributed by atoms with Crippen LogP contribution in [0.25, 0.3) is 0 Å². The zero-order valence-corrected chi connectivity index (χ0v) is 15.6. The van der Waals surface area contributed by atoms with Gasteiger partial charge in [0.05, 0.1) is 12.8 Å².